The van der Waals surface area contributed by atoms with E-state index in [-0.39, 0.29) is 11.4 Å². The van der Waals surface area contributed by atoms with Crippen molar-refractivity contribution >= 4 is 5.91 Å². The molecule has 0 saturated carbocycles. The average Bonchev–Trinajstić information content (AvgIpc) is 2.24. The van der Waals surface area contributed by atoms with Crippen LogP contribution in [0.2, 0.25) is 0 Å². The summed E-state index contributed by atoms with van der Waals surface area (Å²) in [6.45, 7) is 11.1. The van der Waals surface area contributed by atoms with Crippen molar-refractivity contribution in [2.75, 3.05) is 6.54 Å². The summed E-state index contributed by atoms with van der Waals surface area (Å²) < 4.78 is 0. The minimum absolute atomic E-state index is 0.146. The molecule has 1 unspecified atom stereocenters. The molecule has 0 aromatic rings. The Morgan fingerprint density at radius 3 is 2.18 bits per heavy atom. The zero-order chi connectivity index (χ0) is 13.5. The molecular formula is C14H30N2O. The highest BCUT2D eigenvalue weighted by atomic mass is 16.1. The lowest BCUT2D eigenvalue weighted by atomic mass is 9.90. The lowest BCUT2D eigenvalue weighted by molar-refractivity contribution is -0.123. The number of carbonyl (C=O) groups is 1. The first kappa shape index (κ1) is 16.4. The number of hydrogen-bond acceptors (Lipinski definition) is 2. The largest absolute Gasteiger partial charge is 0.350 e. The third-order valence-electron chi connectivity index (χ3n) is 3.38. The Labute approximate surface area is 107 Å². The summed E-state index contributed by atoms with van der Waals surface area (Å²) in [5.74, 6) is 1.18. The second kappa shape index (κ2) is 7.70. The fraction of sp³-hybridized carbons (Fsp3) is 0.929. The van der Waals surface area contributed by atoms with Gasteiger partial charge < -0.3 is 11.1 Å². The molecule has 0 aliphatic carbocycles. The monoisotopic (exact) mass is 242 g/mol. The van der Waals surface area contributed by atoms with Gasteiger partial charge in [0.25, 0.3) is 0 Å². The van der Waals surface area contributed by atoms with E-state index in [9.17, 15) is 4.79 Å². The molecule has 0 bridgehead atoms. The Bertz CT molecular complexity index is 224. The van der Waals surface area contributed by atoms with Crippen LogP contribution < -0.4 is 11.1 Å². The fourth-order valence-corrected chi connectivity index (χ4v) is 2.31. The standard InChI is InChI=1S/C14H30N2O/c1-6-12(7-2)8-13(17)16-14(5,10-15)9-11(3)4/h11-12H,6-10,15H2,1-5H3,(H,16,17). The van der Waals surface area contributed by atoms with Crippen molar-refractivity contribution in [3.8, 4) is 0 Å². The van der Waals surface area contributed by atoms with Crippen LogP contribution in [0.25, 0.3) is 0 Å². The molecule has 3 N–H and O–H groups in total. The van der Waals surface area contributed by atoms with Gasteiger partial charge in [-0.25, -0.2) is 0 Å². The van der Waals surface area contributed by atoms with Gasteiger partial charge in [0.1, 0.15) is 0 Å². The van der Waals surface area contributed by atoms with E-state index in [0.29, 0.717) is 24.8 Å². The number of amides is 1. The van der Waals surface area contributed by atoms with Crippen molar-refractivity contribution in [1.82, 2.24) is 5.32 Å². The summed E-state index contributed by atoms with van der Waals surface area (Å²) in [7, 11) is 0. The molecule has 0 saturated heterocycles. The second-order valence-corrected chi connectivity index (χ2v) is 5.80. The Balaban J connectivity index is 4.32. The summed E-state index contributed by atoms with van der Waals surface area (Å²) in [6, 6.07) is 0. The van der Waals surface area contributed by atoms with E-state index in [1.54, 1.807) is 0 Å². The highest BCUT2D eigenvalue weighted by Gasteiger charge is 2.26. The molecule has 0 fully saturated rings. The molecular weight excluding hydrogens is 212 g/mol. The molecule has 0 aliphatic rings. The molecule has 17 heavy (non-hydrogen) atoms. The first-order chi connectivity index (χ1) is 7.86. The summed E-state index contributed by atoms with van der Waals surface area (Å²) >= 11 is 0. The van der Waals surface area contributed by atoms with E-state index in [0.717, 1.165) is 19.3 Å². The van der Waals surface area contributed by atoms with Crippen LogP contribution in [0.4, 0.5) is 0 Å². The molecule has 1 amide bonds. The predicted molar refractivity (Wildman–Crippen MR) is 73.7 cm³/mol. The van der Waals surface area contributed by atoms with E-state index >= 15 is 0 Å². The lowest BCUT2D eigenvalue weighted by Crippen LogP contribution is -2.52. The molecule has 0 radical (unpaired) electrons. The summed E-state index contributed by atoms with van der Waals surface area (Å²) in [5.41, 5.74) is 5.53. The van der Waals surface area contributed by atoms with Crippen LogP contribution >= 0.6 is 0 Å². The van der Waals surface area contributed by atoms with Crippen molar-refractivity contribution in [3.05, 3.63) is 0 Å². The quantitative estimate of drug-likeness (QED) is 0.687. The SMILES string of the molecule is CCC(CC)CC(=O)NC(C)(CN)CC(C)C. The molecule has 0 rings (SSSR count). The molecule has 0 heterocycles. The van der Waals surface area contributed by atoms with Gasteiger partial charge in [-0.3, -0.25) is 4.79 Å². The van der Waals surface area contributed by atoms with Crippen LogP contribution in [0.15, 0.2) is 0 Å². The van der Waals surface area contributed by atoms with Gasteiger partial charge in [0.05, 0.1) is 0 Å². The van der Waals surface area contributed by atoms with Crippen molar-refractivity contribution < 1.29 is 4.79 Å². The average molecular weight is 242 g/mol. The number of rotatable bonds is 8. The summed E-state index contributed by atoms with van der Waals surface area (Å²) in [6.07, 6.45) is 3.68. The smallest absolute Gasteiger partial charge is 0.220 e. The highest BCUT2D eigenvalue weighted by molar-refractivity contribution is 5.77. The predicted octanol–water partition coefficient (Wildman–Crippen LogP) is 2.69. The van der Waals surface area contributed by atoms with E-state index in [1.165, 1.54) is 0 Å². The summed E-state index contributed by atoms with van der Waals surface area (Å²) in [5, 5.41) is 3.11. The van der Waals surface area contributed by atoms with Crippen LogP contribution in [0, 0.1) is 11.8 Å². The minimum atomic E-state index is -0.253. The third-order valence-corrected chi connectivity index (χ3v) is 3.38. The first-order valence-electron chi connectivity index (χ1n) is 6.87. The molecule has 102 valence electrons. The van der Waals surface area contributed by atoms with Crippen LogP contribution in [-0.4, -0.2) is 18.0 Å². The topological polar surface area (TPSA) is 55.1 Å². The van der Waals surface area contributed by atoms with Crippen molar-refractivity contribution in [2.24, 2.45) is 17.6 Å². The van der Waals surface area contributed by atoms with E-state index in [2.05, 4.69) is 33.0 Å². The van der Waals surface area contributed by atoms with E-state index in [1.807, 2.05) is 6.92 Å². The van der Waals surface area contributed by atoms with Crippen LogP contribution in [-0.2, 0) is 4.79 Å². The zero-order valence-corrected chi connectivity index (χ0v) is 12.2. The van der Waals surface area contributed by atoms with Gasteiger partial charge in [0.15, 0.2) is 0 Å². The zero-order valence-electron chi connectivity index (χ0n) is 12.2. The molecule has 0 aliphatic heterocycles. The highest BCUT2D eigenvalue weighted by Crippen LogP contribution is 2.17. The maximum Gasteiger partial charge on any atom is 0.220 e. The fourth-order valence-electron chi connectivity index (χ4n) is 2.31. The lowest BCUT2D eigenvalue weighted by Gasteiger charge is -2.31. The normalized spacial score (nSPS) is 15.1. The second-order valence-electron chi connectivity index (χ2n) is 5.80. The number of nitrogens with two attached hydrogens (primary N) is 1. The van der Waals surface area contributed by atoms with Crippen LogP contribution in [0.3, 0.4) is 0 Å². The van der Waals surface area contributed by atoms with Crippen LogP contribution in [0.5, 0.6) is 0 Å². The number of nitrogens with one attached hydrogen (secondary N) is 1. The third kappa shape index (κ3) is 6.67. The molecule has 1 atom stereocenters. The van der Waals surface area contributed by atoms with Gasteiger partial charge in [0.2, 0.25) is 5.91 Å². The Hall–Kier alpha value is -0.570. The molecule has 3 heteroatoms. The first-order valence-corrected chi connectivity index (χ1v) is 6.87. The van der Waals surface area contributed by atoms with Gasteiger partial charge in [-0.1, -0.05) is 40.5 Å². The minimum Gasteiger partial charge on any atom is -0.350 e. The maximum absolute atomic E-state index is 12.0. The van der Waals surface area contributed by atoms with Gasteiger partial charge in [-0.2, -0.15) is 0 Å². The summed E-state index contributed by atoms with van der Waals surface area (Å²) in [4.78, 5) is 12.0. The Kier molecular flexibility index (Phi) is 7.44. The van der Waals surface area contributed by atoms with Gasteiger partial charge >= 0.3 is 0 Å². The van der Waals surface area contributed by atoms with Gasteiger partial charge in [-0.05, 0) is 25.2 Å². The van der Waals surface area contributed by atoms with E-state index < -0.39 is 0 Å². The molecule has 3 nitrogen and oxygen atoms in total. The number of hydrogen-bond donors (Lipinski definition) is 2. The van der Waals surface area contributed by atoms with Crippen molar-refractivity contribution in [1.29, 1.82) is 0 Å². The van der Waals surface area contributed by atoms with Crippen molar-refractivity contribution in [3.63, 3.8) is 0 Å². The molecule has 0 aromatic carbocycles. The Morgan fingerprint density at radius 1 is 1.29 bits per heavy atom. The molecule has 0 spiro atoms. The van der Waals surface area contributed by atoms with E-state index in [4.69, 9.17) is 5.73 Å². The van der Waals surface area contributed by atoms with Crippen LogP contribution in [0.1, 0.15) is 60.3 Å². The van der Waals surface area contributed by atoms with Gasteiger partial charge in [0, 0.05) is 18.5 Å². The Morgan fingerprint density at radius 2 is 1.82 bits per heavy atom. The van der Waals surface area contributed by atoms with Gasteiger partial charge in [-0.15, -0.1) is 0 Å². The number of carbonyl (C=O) groups excluding carboxylic acids is 1. The van der Waals surface area contributed by atoms with Crippen molar-refractivity contribution in [2.45, 2.75) is 65.8 Å². The maximum atomic E-state index is 12.0. The molecule has 0 aromatic heterocycles.